The van der Waals surface area contributed by atoms with Crippen molar-refractivity contribution in [2.75, 3.05) is 13.2 Å². The predicted molar refractivity (Wildman–Crippen MR) is 115 cm³/mol. The molecule has 1 aromatic heterocycles. The van der Waals surface area contributed by atoms with E-state index in [2.05, 4.69) is 20.5 Å². The van der Waals surface area contributed by atoms with Crippen molar-refractivity contribution in [3.8, 4) is 11.5 Å². The van der Waals surface area contributed by atoms with Crippen LogP contribution >= 0.6 is 0 Å². The Morgan fingerprint density at radius 3 is 2.97 bits per heavy atom. The van der Waals surface area contributed by atoms with Crippen LogP contribution in [0.1, 0.15) is 62.5 Å². The fourth-order valence-electron chi connectivity index (χ4n) is 3.91. The molecule has 2 heterocycles. The number of phenols is 1. The first-order valence-corrected chi connectivity index (χ1v) is 10.9. The number of rotatable bonds is 9. The number of aromatic nitrogens is 3. The molecule has 30 heavy (non-hydrogen) atoms. The maximum atomic E-state index is 12.1. The topological polar surface area (TPSA) is 92.5 Å². The molecule has 1 fully saturated rings. The van der Waals surface area contributed by atoms with Gasteiger partial charge in [-0.2, -0.15) is 0 Å². The molecule has 1 aliphatic rings. The van der Waals surface area contributed by atoms with Crippen molar-refractivity contribution >= 4 is 5.91 Å². The monoisotopic (exact) mass is 415 g/mol. The molecule has 0 radical (unpaired) electrons. The maximum absolute atomic E-state index is 12.1. The van der Waals surface area contributed by atoms with E-state index in [4.69, 9.17) is 4.74 Å². The van der Waals surface area contributed by atoms with Gasteiger partial charge in [-0.15, -0.1) is 5.10 Å². The Labute approximate surface area is 178 Å². The number of nitrogens with one attached hydrogen (secondary N) is 1. The second-order valence-electron chi connectivity index (χ2n) is 8.10. The van der Waals surface area contributed by atoms with E-state index >= 15 is 0 Å². The number of phenolic OH excluding ortho intramolecular Hbond substituents is 1. The normalized spacial score (nSPS) is 17.3. The SMILES string of the molecule is CCOc1cccc(CN2CCCCC2CCn2cc(C(=O)NC(C)C)nn2)c1O. The second kappa shape index (κ2) is 10.4. The van der Waals surface area contributed by atoms with Crippen LogP contribution in [0.4, 0.5) is 0 Å². The van der Waals surface area contributed by atoms with Crippen LogP contribution in [-0.2, 0) is 13.1 Å². The largest absolute Gasteiger partial charge is 0.504 e. The number of carbonyl (C=O) groups excluding carboxylic acids is 1. The third-order valence-corrected chi connectivity index (χ3v) is 5.39. The number of piperidine rings is 1. The summed E-state index contributed by atoms with van der Waals surface area (Å²) in [5, 5.41) is 21.5. The van der Waals surface area contributed by atoms with E-state index < -0.39 is 0 Å². The van der Waals surface area contributed by atoms with Crippen molar-refractivity contribution in [2.24, 2.45) is 0 Å². The van der Waals surface area contributed by atoms with Crippen LogP contribution in [-0.4, -0.2) is 56.1 Å². The molecule has 1 amide bonds. The zero-order valence-corrected chi connectivity index (χ0v) is 18.2. The molecule has 1 atom stereocenters. The smallest absolute Gasteiger partial charge is 0.273 e. The number of para-hydroxylation sites is 1. The highest BCUT2D eigenvalue weighted by Crippen LogP contribution is 2.32. The van der Waals surface area contributed by atoms with Crippen LogP contribution in [0.25, 0.3) is 0 Å². The van der Waals surface area contributed by atoms with Crippen LogP contribution in [0.5, 0.6) is 11.5 Å². The number of aryl methyl sites for hydroxylation is 1. The number of carbonyl (C=O) groups is 1. The van der Waals surface area contributed by atoms with E-state index in [9.17, 15) is 9.90 Å². The molecular formula is C22H33N5O3. The van der Waals surface area contributed by atoms with Gasteiger partial charge >= 0.3 is 0 Å². The first kappa shape index (κ1) is 22.1. The third kappa shape index (κ3) is 5.72. The van der Waals surface area contributed by atoms with Gasteiger partial charge in [0.2, 0.25) is 0 Å². The Kier molecular flexibility index (Phi) is 7.68. The molecule has 0 aliphatic carbocycles. The van der Waals surface area contributed by atoms with Gasteiger partial charge in [-0.3, -0.25) is 14.4 Å². The molecule has 1 saturated heterocycles. The Morgan fingerprint density at radius 1 is 1.37 bits per heavy atom. The van der Waals surface area contributed by atoms with Crippen molar-refractivity contribution in [1.29, 1.82) is 0 Å². The first-order chi connectivity index (χ1) is 14.5. The quantitative estimate of drug-likeness (QED) is 0.654. The van der Waals surface area contributed by atoms with Gasteiger partial charge in [-0.25, -0.2) is 0 Å². The van der Waals surface area contributed by atoms with E-state index in [1.807, 2.05) is 32.9 Å². The number of nitrogens with zero attached hydrogens (tertiary/aromatic N) is 4. The standard InChI is InChI=1S/C22H33N5O3/c1-4-30-20-10-7-8-17(21(20)28)14-26-12-6-5-9-18(26)11-13-27-15-19(24-25-27)22(29)23-16(2)3/h7-8,10,15-16,18,28H,4-6,9,11-14H2,1-3H3,(H,23,29). The summed E-state index contributed by atoms with van der Waals surface area (Å²) in [5.41, 5.74) is 1.24. The van der Waals surface area contributed by atoms with Crippen molar-refractivity contribution in [2.45, 2.75) is 71.6 Å². The molecule has 164 valence electrons. The Balaban J connectivity index is 1.61. The van der Waals surface area contributed by atoms with E-state index in [1.54, 1.807) is 16.9 Å². The molecule has 0 spiro atoms. The Bertz CT molecular complexity index is 836. The van der Waals surface area contributed by atoms with E-state index in [0.717, 1.165) is 31.4 Å². The number of hydrogen-bond acceptors (Lipinski definition) is 6. The minimum Gasteiger partial charge on any atom is -0.504 e. The van der Waals surface area contributed by atoms with Crippen LogP contribution in [0.3, 0.4) is 0 Å². The van der Waals surface area contributed by atoms with Crippen molar-refractivity contribution < 1.29 is 14.6 Å². The summed E-state index contributed by atoms with van der Waals surface area (Å²) in [5.74, 6) is 0.583. The lowest BCUT2D eigenvalue weighted by Crippen LogP contribution is -2.39. The number of amides is 1. The van der Waals surface area contributed by atoms with Gasteiger partial charge in [0.1, 0.15) is 0 Å². The molecule has 2 aromatic rings. The predicted octanol–water partition coefficient (Wildman–Crippen LogP) is 2.97. The molecule has 0 saturated carbocycles. The highest BCUT2D eigenvalue weighted by atomic mass is 16.5. The zero-order chi connectivity index (χ0) is 21.5. The van der Waals surface area contributed by atoms with Gasteiger partial charge in [0.15, 0.2) is 17.2 Å². The number of likely N-dealkylation sites (tertiary alicyclic amines) is 1. The fraction of sp³-hybridized carbons (Fsp3) is 0.591. The summed E-state index contributed by atoms with van der Waals surface area (Å²) in [6.45, 7) is 8.67. The van der Waals surface area contributed by atoms with Gasteiger partial charge < -0.3 is 15.2 Å². The van der Waals surface area contributed by atoms with E-state index in [-0.39, 0.29) is 17.7 Å². The molecule has 8 heteroatoms. The highest BCUT2D eigenvalue weighted by Gasteiger charge is 2.24. The second-order valence-corrected chi connectivity index (χ2v) is 8.10. The lowest BCUT2D eigenvalue weighted by molar-refractivity contribution is 0.0938. The molecule has 1 aromatic carbocycles. The van der Waals surface area contributed by atoms with Gasteiger partial charge in [0.25, 0.3) is 5.91 Å². The van der Waals surface area contributed by atoms with Gasteiger partial charge in [-0.1, -0.05) is 23.8 Å². The Hall–Kier alpha value is -2.61. The summed E-state index contributed by atoms with van der Waals surface area (Å²) >= 11 is 0. The van der Waals surface area contributed by atoms with Gasteiger partial charge in [0, 0.05) is 30.7 Å². The fourth-order valence-corrected chi connectivity index (χ4v) is 3.91. The van der Waals surface area contributed by atoms with Crippen molar-refractivity contribution in [1.82, 2.24) is 25.2 Å². The zero-order valence-electron chi connectivity index (χ0n) is 18.2. The molecule has 2 N–H and O–H groups in total. The summed E-state index contributed by atoms with van der Waals surface area (Å²) in [6, 6.07) is 6.15. The lowest BCUT2D eigenvalue weighted by atomic mass is 9.98. The van der Waals surface area contributed by atoms with Crippen LogP contribution < -0.4 is 10.1 Å². The maximum Gasteiger partial charge on any atom is 0.273 e. The van der Waals surface area contributed by atoms with Crippen LogP contribution in [0.2, 0.25) is 0 Å². The molecular weight excluding hydrogens is 382 g/mol. The number of aromatic hydroxyl groups is 1. The molecule has 3 rings (SSSR count). The summed E-state index contributed by atoms with van der Waals surface area (Å²) < 4.78 is 7.27. The van der Waals surface area contributed by atoms with E-state index in [0.29, 0.717) is 37.2 Å². The third-order valence-electron chi connectivity index (χ3n) is 5.39. The summed E-state index contributed by atoms with van der Waals surface area (Å²) in [7, 11) is 0. The molecule has 1 unspecified atom stereocenters. The van der Waals surface area contributed by atoms with Crippen molar-refractivity contribution in [3.63, 3.8) is 0 Å². The number of benzene rings is 1. The first-order valence-electron chi connectivity index (χ1n) is 10.9. The van der Waals surface area contributed by atoms with Gasteiger partial charge in [-0.05, 0) is 52.6 Å². The number of ether oxygens (including phenoxy) is 1. The van der Waals surface area contributed by atoms with Crippen LogP contribution in [0, 0.1) is 0 Å². The van der Waals surface area contributed by atoms with Crippen molar-refractivity contribution in [3.05, 3.63) is 35.7 Å². The lowest BCUT2D eigenvalue weighted by Gasteiger charge is -2.36. The van der Waals surface area contributed by atoms with Crippen LogP contribution in [0.15, 0.2) is 24.4 Å². The average Bonchev–Trinajstić information content (AvgIpc) is 3.19. The highest BCUT2D eigenvalue weighted by molar-refractivity contribution is 5.91. The minimum atomic E-state index is -0.194. The van der Waals surface area contributed by atoms with Gasteiger partial charge in [0.05, 0.1) is 12.8 Å². The Morgan fingerprint density at radius 2 is 2.20 bits per heavy atom. The minimum absolute atomic E-state index is 0.0658. The summed E-state index contributed by atoms with van der Waals surface area (Å²) in [4.78, 5) is 14.5. The molecule has 8 nitrogen and oxygen atoms in total. The number of hydrogen-bond donors (Lipinski definition) is 2. The van der Waals surface area contributed by atoms with E-state index in [1.165, 1.54) is 6.42 Å². The summed E-state index contributed by atoms with van der Waals surface area (Å²) in [6.07, 6.45) is 6.10. The average molecular weight is 416 g/mol. The molecule has 0 bridgehead atoms. The molecule has 1 aliphatic heterocycles.